The maximum atomic E-state index is 10.8. The molecule has 0 saturated carbocycles. The van der Waals surface area contributed by atoms with Crippen molar-refractivity contribution in [1.82, 2.24) is 0 Å². The van der Waals surface area contributed by atoms with Crippen LogP contribution in [0.5, 0.6) is 0 Å². The third-order valence-electron chi connectivity index (χ3n) is 5.26. The van der Waals surface area contributed by atoms with Crippen LogP contribution in [0.3, 0.4) is 0 Å². The van der Waals surface area contributed by atoms with E-state index < -0.39 is 12.1 Å². The van der Waals surface area contributed by atoms with Gasteiger partial charge in [0, 0.05) is 6.08 Å². The molecule has 2 rings (SSSR count). The van der Waals surface area contributed by atoms with Gasteiger partial charge in [0.15, 0.2) is 0 Å². The number of rotatable bonds is 6. The Morgan fingerprint density at radius 3 is 2.63 bits per heavy atom. The van der Waals surface area contributed by atoms with E-state index in [-0.39, 0.29) is 0 Å². The summed E-state index contributed by atoms with van der Waals surface area (Å²) in [6, 6.07) is 2.14. The van der Waals surface area contributed by atoms with Crippen molar-refractivity contribution in [3.8, 4) is 0 Å². The summed E-state index contributed by atoms with van der Waals surface area (Å²) in [5.41, 5.74) is 6.93. The average Bonchev–Trinajstić information content (AvgIpc) is 2.59. The molecule has 1 aliphatic rings. The van der Waals surface area contributed by atoms with E-state index in [1.807, 2.05) is 6.08 Å². The van der Waals surface area contributed by atoms with Crippen molar-refractivity contribution in [3.05, 3.63) is 58.2 Å². The number of aliphatic carboxylic acids is 1. The molecule has 0 spiro atoms. The fraction of sp³-hybridized carbons (Fsp3) is 0.458. The zero-order valence-corrected chi connectivity index (χ0v) is 17.1. The van der Waals surface area contributed by atoms with E-state index in [0.717, 1.165) is 42.0 Å². The van der Waals surface area contributed by atoms with E-state index in [2.05, 4.69) is 46.8 Å². The van der Waals surface area contributed by atoms with Gasteiger partial charge in [-0.15, -0.1) is 0 Å². The number of carboxylic acids is 1. The lowest BCUT2D eigenvalue weighted by atomic mass is 9.76. The van der Waals surface area contributed by atoms with Crippen molar-refractivity contribution in [2.24, 2.45) is 5.92 Å². The highest BCUT2D eigenvalue weighted by molar-refractivity contribution is 5.81. The summed E-state index contributed by atoms with van der Waals surface area (Å²) in [5.74, 6) is 0.00261. The molecule has 0 aliphatic heterocycles. The summed E-state index contributed by atoms with van der Waals surface area (Å²) in [6.45, 7) is 10.9. The molecule has 0 unspecified atom stereocenters. The van der Waals surface area contributed by atoms with Gasteiger partial charge in [-0.1, -0.05) is 51.1 Å². The van der Waals surface area contributed by atoms with Crippen LogP contribution in [0.25, 0.3) is 11.6 Å². The van der Waals surface area contributed by atoms with Gasteiger partial charge >= 0.3 is 5.97 Å². The zero-order valence-electron chi connectivity index (χ0n) is 17.1. The van der Waals surface area contributed by atoms with E-state index in [1.54, 1.807) is 12.2 Å². The maximum Gasteiger partial charge on any atom is 0.328 e. The van der Waals surface area contributed by atoms with Gasteiger partial charge in [0.2, 0.25) is 0 Å². The number of aliphatic hydroxyl groups excluding tert-OH is 1. The molecule has 1 aromatic carbocycles. The summed E-state index contributed by atoms with van der Waals surface area (Å²) in [4.78, 5) is 10.8. The molecular weight excluding hydrogens is 336 g/mol. The molecule has 0 aromatic heterocycles. The van der Waals surface area contributed by atoms with Crippen molar-refractivity contribution in [1.29, 1.82) is 0 Å². The number of fused-ring (bicyclic) bond motifs is 1. The predicted molar refractivity (Wildman–Crippen MR) is 113 cm³/mol. The Balaban J connectivity index is 2.66. The minimum atomic E-state index is -0.956. The number of aliphatic hydroxyl groups is 1. The van der Waals surface area contributed by atoms with Crippen molar-refractivity contribution < 1.29 is 15.0 Å². The van der Waals surface area contributed by atoms with Crippen LogP contribution in [-0.2, 0) is 4.79 Å². The molecule has 0 bridgehead atoms. The van der Waals surface area contributed by atoms with Gasteiger partial charge in [0.05, 0.1) is 6.10 Å². The number of carbonyl (C=O) groups is 1. The first-order valence-electron chi connectivity index (χ1n) is 9.82. The second-order valence-electron chi connectivity index (χ2n) is 8.05. The lowest BCUT2D eigenvalue weighted by Crippen LogP contribution is -2.16. The van der Waals surface area contributed by atoms with E-state index >= 15 is 0 Å². The van der Waals surface area contributed by atoms with E-state index in [4.69, 9.17) is 5.11 Å². The smallest absolute Gasteiger partial charge is 0.328 e. The van der Waals surface area contributed by atoms with Crippen molar-refractivity contribution in [2.75, 3.05) is 0 Å². The van der Waals surface area contributed by atoms with E-state index in [1.165, 1.54) is 16.7 Å². The third kappa shape index (κ3) is 5.20. The summed E-state index contributed by atoms with van der Waals surface area (Å²) in [7, 11) is 0. The van der Waals surface area contributed by atoms with Crippen LogP contribution in [0, 0.1) is 12.8 Å². The van der Waals surface area contributed by atoms with Crippen molar-refractivity contribution >= 4 is 17.6 Å². The molecule has 0 radical (unpaired) electrons. The predicted octanol–water partition coefficient (Wildman–Crippen LogP) is 6.03. The van der Waals surface area contributed by atoms with Crippen LogP contribution in [0.4, 0.5) is 0 Å². The molecule has 3 heteroatoms. The monoisotopic (exact) mass is 368 g/mol. The molecule has 146 valence electrons. The normalized spacial score (nSPS) is 20.6. The average molecular weight is 369 g/mol. The lowest BCUT2D eigenvalue weighted by molar-refractivity contribution is -0.131. The summed E-state index contributed by atoms with van der Waals surface area (Å²) < 4.78 is 0. The third-order valence-corrected chi connectivity index (χ3v) is 5.26. The van der Waals surface area contributed by atoms with Gasteiger partial charge in [0.25, 0.3) is 0 Å². The Bertz CT molecular complexity index is 781. The summed E-state index contributed by atoms with van der Waals surface area (Å²) >= 11 is 0. The number of hydrogen-bond donors (Lipinski definition) is 2. The molecule has 1 aliphatic carbocycles. The first-order valence-corrected chi connectivity index (χ1v) is 9.82. The van der Waals surface area contributed by atoms with Crippen LogP contribution >= 0.6 is 0 Å². The lowest BCUT2D eigenvalue weighted by Gasteiger charge is -2.31. The fourth-order valence-electron chi connectivity index (χ4n) is 3.92. The molecule has 0 amide bonds. The number of carboxylic acid groups (broad SMARTS) is 1. The number of allylic oxidation sites excluding steroid dienone is 4. The first kappa shape index (κ1) is 21.2. The van der Waals surface area contributed by atoms with Gasteiger partial charge in [-0.2, -0.15) is 0 Å². The first-order chi connectivity index (χ1) is 12.7. The van der Waals surface area contributed by atoms with E-state index in [9.17, 15) is 9.90 Å². The standard InChI is InChI=1S/C24H32O3/c1-15(2)10-11-16(3)23-18(5)14-20-21(25)13-12-17(4)24(20)19(23)8-6-7-9-22(26)27/h6-9,11,14-15,17,21,25H,10,12-13H2,1-5H3,(H,26,27)/b8-6+,9-7+,16-11+/t17-,21-/m0/s1. The van der Waals surface area contributed by atoms with Gasteiger partial charge in [-0.3, -0.25) is 0 Å². The Hall–Kier alpha value is -2.13. The van der Waals surface area contributed by atoms with Gasteiger partial charge in [0.1, 0.15) is 0 Å². The van der Waals surface area contributed by atoms with Crippen LogP contribution in [-0.4, -0.2) is 16.2 Å². The quantitative estimate of drug-likeness (QED) is 0.476. The molecule has 3 nitrogen and oxygen atoms in total. The molecular formula is C24H32O3. The Morgan fingerprint density at radius 1 is 1.30 bits per heavy atom. The molecule has 0 fully saturated rings. The Labute approximate surface area is 163 Å². The second-order valence-corrected chi connectivity index (χ2v) is 8.05. The Morgan fingerprint density at radius 2 is 2.00 bits per heavy atom. The van der Waals surface area contributed by atoms with Gasteiger partial charge in [-0.25, -0.2) is 4.79 Å². The highest BCUT2D eigenvalue weighted by Gasteiger charge is 2.27. The van der Waals surface area contributed by atoms with Crippen LogP contribution in [0.15, 0.2) is 30.4 Å². The molecule has 0 saturated heterocycles. The fourth-order valence-corrected chi connectivity index (χ4v) is 3.92. The zero-order chi connectivity index (χ0) is 20.1. The van der Waals surface area contributed by atoms with Crippen LogP contribution in [0.2, 0.25) is 0 Å². The van der Waals surface area contributed by atoms with Gasteiger partial charge < -0.3 is 10.2 Å². The van der Waals surface area contributed by atoms with E-state index in [0.29, 0.717) is 11.8 Å². The number of aryl methyl sites for hydroxylation is 1. The topological polar surface area (TPSA) is 57.5 Å². The molecule has 2 atom stereocenters. The highest BCUT2D eigenvalue weighted by Crippen LogP contribution is 2.43. The molecule has 1 aromatic rings. The number of benzene rings is 1. The van der Waals surface area contributed by atoms with Crippen LogP contribution in [0.1, 0.15) is 86.8 Å². The summed E-state index contributed by atoms with van der Waals surface area (Å²) in [6.07, 6.45) is 11.1. The molecule has 27 heavy (non-hydrogen) atoms. The second kappa shape index (κ2) is 9.18. The maximum absolute atomic E-state index is 10.8. The minimum Gasteiger partial charge on any atom is -0.478 e. The van der Waals surface area contributed by atoms with Gasteiger partial charge in [-0.05, 0) is 78.3 Å². The molecule has 2 N–H and O–H groups in total. The van der Waals surface area contributed by atoms with Crippen molar-refractivity contribution in [2.45, 2.75) is 65.9 Å². The van der Waals surface area contributed by atoms with Crippen LogP contribution < -0.4 is 0 Å². The molecule has 0 heterocycles. The van der Waals surface area contributed by atoms with Crippen molar-refractivity contribution in [3.63, 3.8) is 0 Å². The minimum absolute atomic E-state index is 0.365. The Kier molecular flexibility index (Phi) is 7.20. The number of hydrogen-bond acceptors (Lipinski definition) is 2. The summed E-state index contributed by atoms with van der Waals surface area (Å²) in [5, 5.41) is 19.4. The highest BCUT2D eigenvalue weighted by atomic mass is 16.4. The largest absolute Gasteiger partial charge is 0.478 e. The SMILES string of the molecule is C/C(=C\CC(C)C)c1c(C)cc2c(c1/C=C/C=C/C(=O)O)[C@@H](C)CC[C@@H]2O.